The fourth-order valence-electron chi connectivity index (χ4n) is 2.61. The number of ketones is 1. The van der Waals surface area contributed by atoms with Gasteiger partial charge in [0, 0.05) is 5.56 Å². The second-order valence-electron chi connectivity index (χ2n) is 6.03. The maximum Gasteiger partial charge on any atom is 0.347 e. The average Bonchev–Trinajstić information content (AvgIpc) is 2.71. The highest BCUT2D eigenvalue weighted by atomic mass is 16.6. The smallest absolute Gasteiger partial charge is 0.347 e. The molecule has 0 bridgehead atoms. The van der Waals surface area contributed by atoms with Crippen LogP contribution < -0.4 is 9.47 Å². The van der Waals surface area contributed by atoms with Gasteiger partial charge >= 0.3 is 5.97 Å². The van der Waals surface area contributed by atoms with E-state index in [1.807, 2.05) is 30.3 Å². The van der Waals surface area contributed by atoms with Crippen molar-refractivity contribution in [2.75, 3.05) is 13.7 Å². The first-order valence-electron chi connectivity index (χ1n) is 8.56. The molecule has 27 heavy (non-hydrogen) atoms. The molecule has 0 spiro atoms. The number of fused-ring (bicyclic) bond motifs is 1. The minimum absolute atomic E-state index is 0.259. The molecule has 3 aromatic rings. The van der Waals surface area contributed by atoms with E-state index in [1.165, 1.54) is 0 Å². The summed E-state index contributed by atoms with van der Waals surface area (Å²) in [4.78, 5) is 24.4. The highest BCUT2D eigenvalue weighted by Crippen LogP contribution is 2.19. The van der Waals surface area contributed by atoms with Gasteiger partial charge in [0.1, 0.15) is 11.5 Å². The van der Waals surface area contributed by atoms with Gasteiger partial charge in [0.2, 0.25) is 0 Å². The predicted octanol–water partition coefficient (Wildman–Crippen LogP) is 4.04. The number of ether oxygens (including phenoxy) is 3. The molecule has 5 nitrogen and oxygen atoms in total. The lowest BCUT2D eigenvalue weighted by Gasteiger charge is -2.14. The average molecular weight is 364 g/mol. The maximum atomic E-state index is 12.3. The lowest BCUT2D eigenvalue weighted by Crippen LogP contribution is -2.28. The summed E-state index contributed by atoms with van der Waals surface area (Å²) >= 11 is 0. The molecule has 0 N–H and O–H groups in total. The lowest BCUT2D eigenvalue weighted by atomic mass is 10.0. The van der Waals surface area contributed by atoms with Crippen LogP contribution >= 0.6 is 0 Å². The Kier molecular flexibility index (Phi) is 5.71. The molecule has 1 unspecified atom stereocenters. The molecule has 0 aliphatic carbocycles. The van der Waals surface area contributed by atoms with Gasteiger partial charge in [0.15, 0.2) is 18.5 Å². The van der Waals surface area contributed by atoms with Crippen molar-refractivity contribution in [1.82, 2.24) is 0 Å². The summed E-state index contributed by atoms with van der Waals surface area (Å²) in [5.74, 6) is 0.352. The molecule has 0 aromatic heterocycles. The molecular formula is C22H20O5. The summed E-state index contributed by atoms with van der Waals surface area (Å²) < 4.78 is 15.7. The van der Waals surface area contributed by atoms with Gasteiger partial charge in [-0.25, -0.2) is 4.79 Å². The summed E-state index contributed by atoms with van der Waals surface area (Å²) in [5.41, 5.74) is 0.505. The summed E-state index contributed by atoms with van der Waals surface area (Å²) in [6.07, 6.45) is -0.831. The van der Waals surface area contributed by atoms with Gasteiger partial charge in [-0.05, 0) is 48.0 Å². The van der Waals surface area contributed by atoms with Crippen LogP contribution in [0.4, 0.5) is 0 Å². The van der Waals surface area contributed by atoms with E-state index in [2.05, 4.69) is 0 Å². The topological polar surface area (TPSA) is 61.8 Å². The van der Waals surface area contributed by atoms with Crippen molar-refractivity contribution in [2.45, 2.75) is 13.0 Å². The van der Waals surface area contributed by atoms with Crippen molar-refractivity contribution in [3.05, 3.63) is 72.3 Å². The molecule has 0 saturated heterocycles. The zero-order valence-corrected chi connectivity index (χ0v) is 15.2. The summed E-state index contributed by atoms with van der Waals surface area (Å²) in [5, 5.41) is 2.01. The third-order valence-electron chi connectivity index (χ3n) is 4.12. The first-order chi connectivity index (χ1) is 13.1. The molecule has 0 amide bonds. The number of carbonyl (C=O) groups excluding carboxylic acids is 2. The lowest BCUT2D eigenvalue weighted by molar-refractivity contribution is -0.149. The van der Waals surface area contributed by atoms with Crippen LogP contribution in [0.2, 0.25) is 0 Å². The Morgan fingerprint density at radius 1 is 0.889 bits per heavy atom. The Morgan fingerprint density at radius 3 is 2.26 bits per heavy atom. The van der Waals surface area contributed by atoms with Gasteiger partial charge in [0.25, 0.3) is 0 Å². The third-order valence-corrected chi connectivity index (χ3v) is 4.12. The normalized spacial score (nSPS) is 11.6. The molecule has 5 heteroatoms. The first kappa shape index (κ1) is 18.5. The minimum atomic E-state index is -0.831. The SMILES string of the molecule is COc1ccc(OC(C)C(=O)OCC(=O)c2ccc3ccccc3c2)cc1. The fourth-order valence-corrected chi connectivity index (χ4v) is 2.61. The Morgan fingerprint density at radius 2 is 1.56 bits per heavy atom. The van der Waals surface area contributed by atoms with E-state index in [1.54, 1.807) is 50.4 Å². The van der Waals surface area contributed by atoms with Gasteiger partial charge in [-0.15, -0.1) is 0 Å². The van der Waals surface area contributed by atoms with Gasteiger partial charge in [-0.3, -0.25) is 4.79 Å². The zero-order valence-electron chi connectivity index (χ0n) is 15.2. The van der Waals surface area contributed by atoms with E-state index in [0.29, 0.717) is 17.1 Å². The van der Waals surface area contributed by atoms with Crippen molar-refractivity contribution in [2.24, 2.45) is 0 Å². The largest absolute Gasteiger partial charge is 0.497 e. The molecule has 0 aliphatic heterocycles. The number of methoxy groups -OCH3 is 1. The van der Waals surface area contributed by atoms with Gasteiger partial charge < -0.3 is 14.2 Å². The molecule has 1 atom stereocenters. The number of esters is 1. The molecule has 0 saturated carbocycles. The fraction of sp³-hybridized carbons (Fsp3) is 0.182. The molecule has 3 aromatic carbocycles. The molecule has 0 aliphatic rings. The van der Waals surface area contributed by atoms with Crippen LogP contribution in [0.25, 0.3) is 10.8 Å². The van der Waals surface area contributed by atoms with E-state index in [0.717, 1.165) is 10.8 Å². The second-order valence-corrected chi connectivity index (χ2v) is 6.03. The van der Waals surface area contributed by atoms with Crippen molar-refractivity contribution in [3.8, 4) is 11.5 Å². The zero-order chi connectivity index (χ0) is 19.2. The van der Waals surface area contributed by atoms with E-state index < -0.39 is 12.1 Å². The van der Waals surface area contributed by atoms with Crippen LogP contribution in [-0.2, 0) is 9.53 Å². The Balaban J connectivity index is 1.55. The molecule has 3 rings (SSSR count). The number of hydrogen-bond donors (Lipinski definition) is 0. The Hall–Kier alpha value is -3.34. The second kappa shape index (κ2) is 8.36. The highest BCUT2D eigenvalue weighted by molar-refractivity contribution is 6.01. The van der Waals surface area contributed by atoms with Crippen LogP contribution in [0.15, 0.2) is 66.7 Å². The van der Waals surface area contributed by atoms with Crippen LogP contribution in [-0.4, -0.2) is 31.6 Å². The first-order valence-corrected chi connectivity index (χ1v) is 8.56. The number of hydrogen-bond acceptors (Lipinski definition) is 5. The molecule has 0 fully saturated rings. The predicted molar refractivity (Wildman–Crippen MR) is 102 cm³/mol. The minimum Gasteiger partial charge on any atom is -0.497 e. The molecule has 138 valence electrons. The van der Waals surface area contributed by atoms with Crippen molar-refractivity contribution < 1.29 is 23.8 Å². The number of rotatable bonds is 7. The standard InChI is InChI=1S/C22H20O5/c1-15(27-20-11-9-19(25-2)10-12-20)22(24)26-14-21(23)18-8-7-16-5-3-4-6-17(16)13-18/h3-13,15H,14H2,1-2H3. The van der Waals surface area contributed by atoms with Crippen molar-refractivity contribution in [3.63, 3.8) is 0 Å². The van der Waals surface area contributed by atoms with Gasteiger partial charge in [0.05, 0.1) is 7.11 Å². The molecule has 0 heterocycles. The monoisotopic (exact) mass is 364 g/mol. The van der Waals surface area contributed by atoms with Crippen LogP contribution in [0, 0.1) is 0 Å². The van der Waals surface area contributed by atoms with Crippen LogP contribution in [0.5, 0.6) is 11.5 Å². The van der Waals surface area contributed by atoms with Gasteiger partial charge in [-0.2, -0.15) is 0 Å². The summed E-state index contributed by atoms with van der Waals surface area (Å²) in [7, 11) is 1.57. The van der Waals surface area contributed by atoms with E-state index >= 15 is 0 Å². The highest BCUT2D eigenvalue weighted by Gasteiger charge is 2.18. The number of Topliss-reactive ketones (excluding diaryl/α,β-unsaturated/α-hetero) is 1. The number of benzene rings is 3. The quantitative estimate of drug-likeness (QED) is 0.468. The van der Waals surface area contributed by atoms with Crippen LogP contribution in [0.3, 0.4) is 0 Å². The Labute approximate surface area is 157 Å². The van der Waals surface area contributed by atoms with E-state index in [-0.39, 0.29) is 12.4 Å². The summed E-state index contributed by atoms with van der Waals surface area (Å²) in [6.45, 7) is 1.25. The Bertz CT molecular complexity index is 946. The van der Waals surface area contributed by atoms with Crippen molar-refractivity contribution in [1.29, 1.82) is 0 Å². The molecule has 0 radical (unpaired) electrons. The van der Waals surface area contributed by atoms with Crippen LogP contribution in [0.1, 0.15) is 17.3 Å². The number of carbonyl (C=O) groups is 2. The molecular weight excluding hydrogens is 344 g/mol. The third kappa shape index (κ3) is 4.64. The van der Waals surface area contributed by atoms with Gasteiger partial charge in [-0.1, -0.05) is 36.4 Å². The summed E-state index contributed by atoms with van der Waals surface area (Å²) in [6, 6.07) is 20.0. The van der Waals surface area contributed by atoms with E-state index in [9.17, 15) is 9.59 Å². The van der Waals surface area contributed by atoms with E-state index in [4.69, 9.17) is 14.2 Å². The maximum absolute atomic E-state index is 12.3. The van der Waals surface area contributed by atoms with Crippen molar-refractivity contribution >= 4 is 22.5 Å².